The predicted octanol–water partition coefficient (Wildman–Crippen LogP) is 2.87. The number of carbonyl (C=O) groups is 2. The van der Waals surface area contributed by atoms with Crippen LogP contribution in [0, 0.1) is 0 Å². The third kappa shape index (κ3) is 4.32. The van der Waals surface area contributed by atoms with Crippen molar-refractivity contribution in [1.82, 2.24) is 9.97 Å². The van der Waals surface area contributed by atoms with Crippen molar-refractivity contribution in [2.45, 2.75) is 31.7 Å². The van der Waals surface area contributed by atoms with Gasteiger partial charge in [-0.05, 0) is 31.0 Å². The van der Waals surface area contributed by atoms with Gasteiger partial charge in [0.15, 0.2) is 0 Å². The van der Waals surface area contributed by atoms with Crippen molar-refractivity contribution < 1.29 is 14.3 Å². The quantitative estimate of drug-likeness (QED) is 0.813. The highest BCUT2D eigenvalue weighted by molar-refractivity contribution is 6.04. The number of hydrogen-bond donors (Lipinski definition) is 2. The van der Waals surface area contributed by atoms with Gasteiger partial charge in [-0.3, -0.25) is 4.79 Å². The Morgan fingerprint density at radius 1 is 1.12 bits per heavy atom. The fourth-order valence-electron chi connectivity index (χ4n) is 2.82. The summed E-state index contributed by atoms with van der Waals surface area (Å²) in [6.07, 6.45) is 7.68. The van der Waals surface area contributed by atoms with Crippen molar-refractivity contribution in [2.75, 3.05) is 17.7 Å². The number of hydrogen-bond acceptors (Lipinski definition) is 6. The SMILES string of the molecule is COC(=O)c1cccc(NC(=O)c2cnc(NC3CCCC3)nc2)c1. The number of amides is 1. The Balaban J connectivity index is 1.63. The van der Waals surface area contributed by atoms with Crippen LogP contribution in [-0.4, -0.2) is 35.0 Å². The molecule has 2 aromatic rings. The number of methoxy groups -OCH3 is 1. The van der Waals surface area contributed by atoms with Crippen molar-refractivity contribution in [1.29, 1.82) is 0 Å². The van der Waals surface area contributed by atoms with Gasteiger partial charge in [-0.15, -0.1) is 0 Å². The molecular formula is C18H20N4O3. The number of nitrogens with zero attached hydrogens (tertiary/aromatic N) is 2. The number of rotatable bonds is 5. The van der Waals surface area contributed by atoms with Gasteiger partial charge in [0.05, 0.1) is 18.2 Å². The molecule has 1 saturated carbocycles. The smallest absolute Gasteiger partial charge is 0.337 e. The number of ether oxygens (including phenoxy) is 1. The van der Waals surface area contributed by atoms with Crippen molar-refractivity contribution in [3.63, 3.8) is 0 Å². The minimum atomic E-state index is -0.457. The molecule has 25 heavy (non-hydrogen) atoms. The fourth-order valence-corrected chi connectivity index (χ4v) is 2.82. The fraction of sp³-hybridized carbons (Fsp3) is 0.333. The molecule has 0 spiro atoms. The van der Waals surface area contributed by atoms with Gasteiger partial charge in [-0.25, -0.2) is 14.8 Å². The standard InChI is InChI=1S/C18H20N4O3/c1-25-17(24)12-5-4-8-15(9-12)21-16(23)13-10-19-18(20-11-13)22-14-6-2-3-7-14/h4-5,8-11,14H,2-3,6-7H2,1H3,(H,21,23)(H,19,20,22). The van der Waals surface area contributed by atoms with E-state index in [1.54, 1.807) is 24.3 Å². The normalized spacial score (nSPS) is 14.1. The molecule has 1 aliphatic carbocycles. The van der Waals surface area contributed by atoms with Crippen LogP contribution in [0.4, 0.5) is 11.6 Å². The summed E-state index contributed by atoms with van der Waals surface area (Å²) in [5, 5.41) is 6.00. The Morgan fingerprint density at radius 2 is 1.84 bits per heavy atom. The number of anilines is 2. The largest absolute Gasteiger partial charge is 0.465 e. The number of aromatic nitrogens is 2. The molecule has 1 aliphatic rings. The van der Waals surface area contributed by atoms with Crippen LogP contribution in [0.1, 0.15) is 46.4 Å². The Kier molecular flexibility index (Phi) is 5.23. The minimum absolute atomic E-state index is 0.338. The molecule has 2 N–H and O–H groups in total. The summed E-state index contributed by atoms with van der Waals surface area (Å²) in [4.78, 5) is 32.2. The average Bonchev–Trinajstić information content (AvgIpc) is 3.15. The summed E-state index contributed by atoms with van der Waals surface area (Å²) in [7, 11) is 1.31. The van der Waals surface area contributed by atoms with E-state index in [0.717, 1.165) is 12.8 Å². The van der Waals surface area contributed by atoms with Gasteiger partial charge in [0.1, 0.15) is 0 Å². The van der Waals surface area contributed by atoms with E-state index in [-0.39, 0.29) is 5.91 Å². The summed E-state index contributed by atoms with van der Waals surface area (Å²) >= 11 is 0. The average molecular weight is 340 g/mol. The topological polar surface area (TPSA) is 93.2 Å². The third-order valence-electron chi connectivity index (χ3n) is 4.14. The van der Waals surface area contributed by atoms with Crippen LogP contribution >= 0.6 is 0 Å². The van der Waals surface area contributed by atoms with Gasteiger partial charge in [-0.1, -0.05) is 18.9 Å². The van der Waals surface area contributed by atoms with Gasteiger partial charge < -0.3 is 15.4 Å². The van der Waals surface area contributed by atoms with Crippen LogP contribution in [0.2, 0.25) is 0 Å². The van der Waals surface area contributed by atoms with E-state index in [9.17, 15) is 9.59 Å². The van der Waals surface area contributed by atoms with Gasteiger partial charge in [0.2, 0.25) is 5.95 Å². The van der Waals surface area contributed by atoms with E-state index in [1.807, 2.05) is 0 Å². The van der Waals surface area contributed by atoms with Crippen molar-refractivity contribution >= 4 is 23.5 Å². The Bertz CT molecular complexity index is 755. The molecule has 0 aliphatic heterocycles. The first kappa shape index (κ1) is 16.9. The monoisotopic (exact) mass is 340 g/mol. The molecule has 3 rings (SSSR count). The molecule has 0 unspecified atom stereocenters. The summed E-state index contributed by atoms with van der Waals surface area (Å²) in [5.74, 6) is -0.257. The minimum Gasteiger partial charge on any atom is -0.465 e. The Labute approximate surface area is 145 Å². The van der Waals surface area contributed by atoms with E-state index < -0.39 is 5.97 Å². The molecule has 0 atom stereocenters. The lowest BCUT2D eigenvalue weighted by Gasteiger charge is -2.11. The summed E-state index contributed by atoms with van der Waals surface area (Å²) in [5.41, 5.74) is 1.22. The first-order valence-electron chi connectivity index (χ1n) is 8.24. The molecule has 1 heterocycles. The van der Waals surface area contributed by atoms with Crippen molar-refractivity contribution in [3.05, 3.63) is 47.8 Å². The van der Waals surface area contributed by atoms with Crippen LogP contribution in [-0.2, 0) is 4.74 Å². The van der Waals surface area contributed by atoms with E-state index >= 15 is 0 Å². The Hall–Kier alpha value is -2.96. The second-order valence-electron chi connectivity index (χ2n) is 5.95. The van der Waals surface area contributed by atoms with Crippen LogP contribution in [0.3, 0.4) is 0 Å². The highest BCUT2D eigenvalue weighted by atomic mass is 16.5. The van der Waals surface area contributed by atoms with Crippen molar-refractivity contribution in [3.8, 4) is 0 Å². The van der Waals surface area contributed by atoms with Crippen LogP contribution in [0.25, 0.3) is 0 Å². The van der Waals surface area contributed by atoms with Gasteiger partial charge in [0, 0.05) is 24.1 Å². The van der Waals surface area contributed by atoms with Gasteiger partial charge in [-0.2, -0.15) is 0 Å². The number of nitrogens with one attached hydrogen (secondary N) is 2. The molecular weight excluding hydrogens is 320 g/mol. The third-order valence-corrected chi connectivity index (χ3v) is 4.14. The van der Waals surface area contributed by atoms with Crippen LogP contribution in [0.5, 0.6) is 0 Å². The second kappa shape index (κ2) is 7.74. The second-order valence-corrected chi connectivity index (χ2v) is 5.95. The lowest BCUT2D eigenvalue weighted by atomic mass is 10.2. The Morgan fingerprint density at radius 3 is 2.52 bits per heavy atom. The maximum absolute atomic E-state index is 12.3. The molecule has 0 radical (unpaired) electrons. The molecule has 1 amide bonds. The number of carbonyl (C=O) groups excluding carboxylic acids is 2. The van der Waals surface area contributed by atoms with Gasteiger partial charge >= 0.3 is 5.97 Å². The highest BCUT2D eigenvalue weighted by Gasteiger charge is 2.16. The zero-order valence-electron chi connectivity index (χ0n) is 14.0. The molecule has 7 nitrogen and oxygen atoms in total. The molecule has 130 valence electrons. The summed E-state index contributed by atoms with van der Waals surface area (Å²) in [6.45, 7) is 0. The van der Waals surface area contributed by atoms with E-state index in [0.29, 0.717) is 28.8 Å². The molecule has 1 aromatic heterocycles. The predicted molar refractivity (Wildman–Crippen MR) is 93.6 cm³/mol. The van der Waals surface area contributed by atoms with E-state index in [2.05, 4.69) is 25.3 Å². The molecule has 0 saturated heterocycles. The molecule has 1 fully saturated rings. The zero-order chi connectivity index (χ0) is 17.6. The summed E-state index contributed by atoms with van der Waals surface area (Å²) in [6, 6.07) is 6.96. The number of esters is 1. The van der Waals surface area contributed by atoms with Crippen molar-refractivity contribution in [2.24, 2.45) is 0 Å². The zero-order valence-corrected chi connectivity index (χ0v) is 14.0. The molecule has 0 bridgehead atoms. The van der Waals surface area contributed by atoms with Gasteiger partial charge in [0.25, 0.3) is 5.91 Å². The number of benzene rings is 1. The van der Waals surface area contributed by atoms with Crippen LogP contribution in [0.15, 0.2) is 36.7 Å². The lowest BCUT2D eigenvalue weighted by molar-refractivity contribution is 0.0600. The summed E-state index contributed by atoms with van der Waals surface area (Å²) < 4.78 is 4.67. The maximum Gasteiger partial charge on any atom is 0.337 e. The highest BCUT2D eigenvalue weighted by Crippen LogP contribution is 2.20. The molecule has 7 heteroatoms. The van der Waals surface area contributed by atoms with Crippen LogP contribution < -0.4 is 10.6 Å². The maximum atomic E-state index is 12.3. The van der Waals surface area contributed by atoms with E-state index in [1.165, 1.54) is 32.3 Å². The first-order valence-corrected chi connectivity index (χ1v) is 8.24. The first-order chi connectivity index (χ1) is 12.2. The molecule has 1 aromatic carbocycles. The lowest BCUT2D eigenvalue weighted by Crippen LogP contribution is -2.18. The van der Waals surface area contributed by atoms with E-state index in [4.69, 9.17) is 0 Å².